The van der Waals surface area contributed by atoms with Gasteiger partial charge in [0.25, 0.3) is 0 Å². The maximum Gasteiger partial charge on any atom is 0.123 e. The molecule has 0 aliphatic heterocycles. The standard InChI is InChI=1S/C12H10BrFO/c1-8-6-10(7-15-8)12(13)9-2-4-11(14)5-3-9/h2-7,12H,1H3. The van der Waals surface area contributed by atoms with E-state index in [0.29, 0.717) is 0 Å². The van der Waals surface area contributed by atoms with E-state index in [2.05, 4.69) is 15.9 Å². The average Bonchev–Trinajstić information content (AvgIpc) is 2.65. The minimum Gasteiger partial charge on any atom is -0.469 e. The van der Waals surface area contributed by atoms with Crippen molar-refractivity contribution >= 4 is 15.9 Å². The zero-order chi connectivity index (χ0) is 10.8. The van der Waals surface area contributed by atoms with Crippen LogP contribution < -0.4 is 0 Å². The zero-order valence-electron chi connectivity index (χ0n) is 8.21. The lowest BCUT2D eigenvalue weighted by atomic mass is 10.1. The maximum absolute atomic E-state index is 12.7. The highest BCUT2D eigenvalue weighted by Crippen LogP contribution is 2.31. The summed E-state index contributed by atoms with van der Waals surface area (Å²) in [6.45, 7) is 1.90. The molecule has 3 heteroatoms. The Bertz CT molecular complexity index is 447. The van der Waals surface area contributed by atoms with Gasteiger partial charge in [0, 0.05) is 5.56 Å². The van der Waals surface area contributed by atoms with Crippen molar-refractivity contribution in [2.45, 2.75) is 11.8 Å². The molecule has 1 aromatic heterocycles. The molecule has 0 saturated carbocycles. The fraction of sp³-hybridized carbons (Fsp3) is 0.167. The van der Waals surface area contributed by atoms with E-state index in [9.17, 15) is 4.39 Å². The summed E-state index contributed by atoms with van der Waals surface area (Å²) in [4.78, 5) is 0.0514. The maximum atomic E-state index is 12.7. The third-order valence-electron chi connectivity index (χ3n) is 2.21. The van der Waals surface area contributed by atoms with E-state index >= 15 is 0 Å². The fourth-order valence-corrected chi connectivity index (χ4v) is 1.97. The van der Waals surface area contributed by atoms with Crippen LogP contribution >= 0.6 is 15.9 Å². The number of aryl methyl sites for hydroxylation is 1. The topological polar surface area (TPSA) is 13.1 Å². The van der Waals surface area contributed by atoms with Crippen LogP contribution in [0.5, 0.6) is 0 Å². The SMILES string of the molecule is Cc1cc(C(Br)c2ccc(F)cc2)co1. The van der Waals surface area contributed by atoms with E-state index < -0.39 is 0 Å². The highest BCUT2D eigenvalue weighted by Gasteiger charge is 2.12. The van der Waals surface area contributed by atoms with Crippen molar-refractivity contribution < 1.29 is 8.81 Å². The molecule has 0 spiro atoms. The molecule has 0 aliphatic rings. The van der Waals surface area contributed by atoms with E-state index in [1.807, 2.05) is 13.0 Å². The molecule has 2 aromatic rings. The van der Waals surface area contributed by atoms with Crippen molar-refractivity contribution in [1.82, 2.24) is 0 Å². The molecule has 0 saturated heterocycles. The largest absolute Gasteiger partial charge is 0.469 e. The second-order valence-corrected chi connectivity index (χ2v) is 4.32. The predicted octanol–water partition coefficient (Wildman–Crippen LogP) is 4.21. The summed E-state index contributed by atoms with van der Waals surface area (Å²) in [7, 11) is 0. The quantitative estimate of drug-likeness (QED) is 0.744. The van der Waals surface area contributed by atoms with Crippen molar-refractivity contribution in [3.63, 3.8) is 0 Å². The third-order valence-corrected chi connectivity index (χ3v) is 3.26. The second-order valence-electron chi connectivity index (χ2n) is 3.40. The second kappa shape index (κ2) is 4.19. The van der Waals surface area contributed by atoms with E-state index in [4.69, 9.17) is 4.42 Å². The Morgan fingerprint density at radius 2 is 1.87 bits per heavy atom. The van der Waals surface area contributed by atoms with Gasteiger partial charge in [-0.3, -0.25) is 0 Å². The van der Waals surface area contributed by atoms with Crippen LogP contribution in [-0.4, -0.2) is 0 Å². The van der Waals surface area contributed by atoms with Gasteiger partial charge in [0.1, 0.15) is 11.6 Å². The van der Waals surface area contributed by atoms with E-state index in [-0.39, 0.29) is 10.6 Å². The molecule has 0 fully saturated rings. The van der Waals surface area contributed by atoms with Crippen molar-refractivity contribution in [3.05, 3.63) is 59.3 Å². The van der Waals surface area contributed by atoms with E-state index in [1.165, 1.54) is 12.1 Å². The Morgan fingerprint density at radius 3 is 2.40 bits per heavy atom. The van der Waals surface area contributed by atoms with E-state index in [1.54, 1.807) is 18.4 Å². The molecule has 1 nitrogen and oxygen atoms in total. The molecular formula is C12H10BrFO. The molecule has 0 radical (unpaired) electrons. The number of hydrogen-bond donors (Lipinski definition) is 0. The molecule has 78 valence electrons. The van der Waals surface area contributed by atoms with Crippen LogP contribution in [0.15, 0.2) is 41.0 Å². The lowest BCUT2D eigenvalue weighted by molar-refractivity contribution is 0.532. The molecule has 0 amide bonds. The summed E-state index contributed by atoms with van der Waals surface area (Å²) < 4.78 is 17.9. The third kappa shape index (κ3) is 2.29. The van der Waals surface area contributed by atoms with E-state index in [0.717, 1.165) is 16.9 Å². The number of hydrogen-bond acceptors (Lipinski definition) is 1. The summed E-state index contributed by atoms with van der Waals surface area (Å²) in [5, 5.41) is 0. The Morgan fingerprint density at radius 1 is 1.20 bits per heavy atom. The molecule has 15 heavy (non-hydrogen) atoms. The molecule has 0 bridgehead atoms. The van der Waals surface area contributed by atoms with Crippen LogP contribution in [0, 0.1) is 12.7 Å². The minimum atomic E-state index is -0.221. The number of halogens is 2. The van der Waals surface area contributed by atoms with Crippen LogP contribution in [-0.2, 0) is 0 Å². The van der Waals surface area contributed by atoms with Crippen LogP contribution in [0.4, 0.5) is 4.39 Å². The summed E-state index contributed by atoms with van der Waals surface area (Å²) in [5.74, 6) is 0.651. The van der Waals surface area contributed by atoms with Gasteiger partial charge >= 0.3 is 0 Å². The van der Waals surface area contributed by atoms with Crippen LogP contribution in [0.25, 0.3) is 0 Å². The number of rotatable bonds is 2. The molecule has 1 heterocycles. The van der Waals surface area contributed by atoms with Crippen molar-refractivity contribution in [2.24, 2.45) is 0 Å². The molecule has 1 aromatic carbocycles. The first-order valence-corrected chi connectivity index (χ1v) is 5.53. The Kier molecular flexibility index (Phi) is 2.91. The predicted molar refractivity (Wildman–Crippen MR) is 60.6 cm³/mol. The van der Waals surface area contributed by atoms with Crippen LogP contribution in [0.1, 0.15) is 21.7 Å². The van der Waals surface area contributed by atoms with Crippen LogP contribution in [0.2, 0.25) is 0 Å². The normalized spacial score (nSPS) is 12.7. The minimum absolute atomic E-state index is 0.0514. The highest BCUT2D eigenvalue weighted by atomic mass is 79.9. The van der Waals surface area contributed by atoms with Crippen molar-refractivity contribution in [3.8, 4) is 0 Å². The van der Waals surface area contributed by atoms with Gasteiger partial charge < -0.3 is 4.42 Å². The van der Waals surface area contributed by atoms with Gasteiger partial charge in [-0.15, -0.1) is 0 Å². The van der Waals surface area contributed by atoms with Gasteiger partial charge in [-0.1, -0.05) is 28.1 Å². The molecule has 0 aliphatic carbocycles. The molecular weight excluding hydrogens is 259 g/mol. The average molecular weight is 269 g/mol. The van der Waals surface area contributed by atoms with Crippen molar-refractivity contribution in [1.29, 1.82) is 0 Å². The summed E-state index contributed by atoms with van der Waals surface area (Å²) in [6.07, 6.45) is 1.71. The zero-order valence-corrected chi connectivity index (χ0v) is 9.79. The Balaban J connectivity index is 2.28. The highest BCUT2D eigenvalue weighted by molar-refractivity contribution is 9.09. The first-order chi connectivity index (χ1) is 7.16. The first kappa shape index (κ1) is 10.4. The van der Waals surface area contributed by atoms with Gasteiger partial charge in [0.2, 0.25) is 0 Å². The monoisotopic (exact) mass is 268 g/mol. The van der Waals surface area contributed by atoms with Crippen LogP contribution in [0.3, 0.4) is 0 Å². The van der Waals surface area contributed by atoms with Gasteiger partial charge in [-0.25, -0.2) is 4.39 Å². The number of benzene rings is 1. The first-order valence-electron chi connectivity index (χ1n) is 4.61. The summed E-state index contributed by atoms with van der Waals surface area (Å²) in [5.41, 5.74) is 2.05. The molecule has 0 N–H and O–H groups in total. The molecule has 1 unspecified atom stereocenters. The fourth-order valence-electron chi connectivity index (χ4n) is 1.42. The lowest BCUT2D eigenvalue weighted by Crippen LogP contribution is -1.90. The smallest absolute Gasteiger partial charge is 0.123 e. The Hall–Kier alpha value is -1.09. The molecule has 2 rings (SSSR count). The lowest BCUT2D eigenvalue weighted by Gasteiger charge is -2.06. The number of alkyl halides is 1. The van der Waals surface area contributed by atoms with Gasteiger partial charge in [-0.05, 0) is 30.7 Å². The Labute approximate surface area is 96.0 Å². The summed E-state index contributed by atoms with van der Waals surface area (Å²) in [6, 6.07) is 8.39. The number of furan rings is 1. The van der Waals surface area contributed by atoms with Gasteiger partial charge in [-0.2, -0.15) is 0 Å². The van der Waals surface area contributed by atoms with Gasteiger partial charge in [0.15, 0.2) is 0 Å². The van der Waals surface area contributed by atoms with Crippen molar-refractivity contribution in [2.75, 3.05) is 0 Å². The molecule has 1 atom stereocenters. The van der Waals surface area contributed by atoms with Gasteiger partial charge in [0.05, 0.1) is 11.1 Å². The summed E-state index contributed by atoms with van der Waals surface area (Å²) >= 11 is 3.55.